The van der Waals surface area contributed by atoms with E-state index in [0.29, 0.717) is 12.2 Å². The number of nitro benzene ring substituents is 1. The number of aliphatic hydroxyl groups excluding tert-OH is 1. The largest absolute Gasteiger partial charge is 0.382 e. The molecule has 0 radical (unpaired) electrons. The molecular formula is C16H14N4O3. The average Bonchev–Trinajstić information content (AvgIpc) is 3.04. The Kier molecular flexibility index (Phi) is 4.11. The van der Waals surface area contributed by atoms with Gasteiger partial charge in [-0.1, -0.05) is 47.7 Å². The number of aromatic nitrogens is 3. The summed E-state index contributed by atoms with van der Waals surface area (Å²) in [5.41, 5.74) is 2.11. The van der Waals surface area contributed by atoms with Crippen LogP contribution in [0.3, 0.4) is 0 Å². The fraction of sp³-hybridized carbons (Fsp3) is 0.125. The molecule has 0 fully saturated rings. The minimum Gasteiger partial charge on any atom is -0.382 e. The van der Waals surface area contributed by atoms with E-state index in [1.54, 1.807) is 23.0 Å². The summed E-state index contributed by atoms with van der Waals surface area (Å²) in [6, 6.07) is 15.5. The van der Waals surface area contributed by atoms with Crippen molar-refractivity contribution in [1.82, 2.24) is 15.0 Å². The van der Waals surface area contributed by atoms with Crippen molar-refractivity contribution >= 4 is 5.69 Å². The first-order chi connectivity index (χ1) is 11.1. The van der Waals surface area contributed by atoms with E-state index in [2.05, 4.69) is 10.3 Å². The molecule has 0 saturated carbocycles. The van der Waals surface area contributed by atoms with Crippen LogP contribution in [0.1, 0.15) is 22.9 Å². The number of nitro groups is 1. The van der Waals surface area contributed by atoms with Crippen LogP contribution in [0.25, 0.3) is 0 Å². The van der Waals surface area contributed by atoms with Crippen molar-refractivity contribution in [2.75, 3.05) is 0 Å². The van der Waals surface area contributed by atoms with Crippen LogP contribution in [0.15, 0.2) is 60.8 Å². The molecular weight excluding hydrogens is 296 g/mol. The predicted molar refractivity (Wildman–Crippen MR) is 82.7 cm³/mol. The van der Waals surface area contributed by atoms with E-state index in [0.717, 1.165) is 11.1 Å². The summed E-state index contributed by atoms with van der Waals surface area (Å²) in [5.74, 6) is 0. The molecule has 1 aromatic heterocycles. The zero-order valence-corrected chi connectivity index (χ0v) is 12.1. The Balaban J connectivity index is 1.73. The van der Waals surface area contributed by atoms with Crippen LogP contribution in [-0.2, 0) is 6.54 Å². The fourth-order valence-corrected chi connectivity index (χ4v) is 2.23. The summed E-state index contributed by atoms with van der Waals surface area (Å²) in [5, 5.41) is 28.9. The lowest BCUT2D eigenvalue weighted by atomic mass is 10.1. The van der Waals surface area contributed by atoms with Gasteiger partial charge in [0.25, 0.3) is 5.69 Å². The van der Waals surface area contributed by atoms with Crippen molar-refractivity contribution in [2.45, 2.75) is 12.6 Å². The highest BCUT2D eigenvalue weighted by molar-refractivity contribution is 5.33. The molecule has 0 aliphatic carbocycles. The van der Waals surface area contributed by atoms with Crippen molar-refractivity contribution < 1.29 is 10.0 Å². The topological polar surface area (TPSA) is 94.1 Å². The molecule has 7 nitrogen and oxygen atoms in total. The van der Waals surface area contributed by atoms with Gasteiger partial charge in [-0.15, -0.1) is 5.10 Å². The Labute approximate surface area is 132 Å². The summed E-state index contributed by atoms with van der Waals surface area (Å²) in [4.78, 5) is 10.2. The summed E-state index contributed by atoms with van der Waals surface area (Å²) in [7, 11) is 0. The van der Waals surface area contributed by atoms with Crippen molar-refractivity contribution in [3.05, 3.63) is 87.7 Å². The fourth-order valence-electron chi connectivity index (χ4n) is 2.23. The molecule has 1 unspecified atom stereocenters. The molecule has 7 heteroatoms. The first-order valence-corrected chi connectivity index (χ1v) is 7.00. The van der Waals surface area contributed by atoms with Gasteiger partial charge in [0.15, 0.2) is 0 Å². The van der Waals surface area contributed by atoms with Gasteiger partial charge in [-0.2, -0.15) is 0 Å². The van der Waals surface area contributed by atoms with Gasteiger partial charge >= 0.3 is 0 Å². The standard InChI is InChI=1S/C16H14N4O3/c21-16(13-4-2-1-3-5-13)15-11-19(18-17-15)10-12-6-8-14(9-7-12)20(22)23/h1-9,11,16,21H,10H2. The maximum absolute atomic E-state index is 10.6. The molecule has 0 saturated heterocycles. The summed E-state index contributed by atoms with van der Waals surface area (Å²) >= 11 is 0. The maximum Gasteiger partial charge on any atom is 0.269 e. The van der Waals surface area contributed by atoms with Crippen molar-refractivity contribution in [3.8, 4) is 0 Å². The third-order valence-corrected chi connectivity index (χ3v) is 3.44. The molecule has 1 atom stereocenters. The van der Waals surface area contributed by atoms with Gasteiger partial charge in [-0.25, -0.2) is 4.68 Å². The van der Waals surface area contributed by atoms with Crippen LogP contribution in [-0.4, -0.2) is 25.0 Å². The third kappa shape index (κ3) is 3.41. The van der Waals surface area contributed by atoms with Crippen LogP contribution in [0.5, 0.6) is 0 Å². The highest BCUT2D eigenvalue weighted by Crippen LogP contribution is 2.19. The van der Waals surface area contributed by atoms with Crippen LogP contribution in [0.2, 0.25) is 0 Å². The minimum absolute atomic E-state index is 0.0486. The van der Waals surface area contributed by atoms with E-state index < -0.39 is 11.0 Å². The summed E-state index contributed by atoms with van der Waals surface area (Å²) in [6.45, 7) is 0.423. The number of benzene rings is 2. The molecule has 0 aliphatic heterocycles. The first-order valence-electron chi connectivity index (χ1n) is 7.00. The van der Waals surface area contributed by atoms with E-state index in [4.69, 9.17) is 0 Å². The highest BCUT2D eigenvalue weighted by atomic mass is 16.6. The van der Waals surface area contributed by atoms with E-state index >= 15 is 0 Å². The Hall–Kier alpha value is -3.06. The molecule has 116 valence electrons. The second-order valence-electron chi connectivity index (χ2n) is 5.08. The monoisotopic (exact) mass is 310 g/mol. The number of hydrogen-bond acceptors (Lipinski definition) is 5. The molecule has 0 bridgehead atoms. The highest BCUT2D eigenvalue weighted by Gasteiger charge is 2.14. The number of rotatable bonds is 5. The SMILES string of the molecule is O=[N+]([O-])c1ccc(Cn2cc(C(O)c3ccccc3)nn2)cc1. The number of nitrogens with zero attached hydrogens (tertiary/aromatic N) is 4. The number of hydrogen-bond donors (Lipinski definition) is 1. The van der Waals surface area contributed by atoms with E-state index in [1.807, 2.05) is 30.3 Å². The van der Waals surface area contributed by atoms with Crippen molar-refractivity contribution in [1.29, 1.82) is 0 Å². The molecule has 0 spiro atoms. The van der Waals surface area contributed by atoms with Crippen LogP contribution >= 0.6 is 0 Å². The molecule has 1 heterocycles. The maximum atomic E-state index is 10.6. The van der Waals surface area contributed by atoms with E-state index in [-0.39, 0.29) is 5.69 Å². The second kappa shape index (κ2) is 6.37. The lowest BCUT2D eigenvalue weighted by Crippen LogP contribution is -2.01. The molecule has 1 N–H and O–H groups in total. The van der Waals surface area contributed by atoms with E-state index in [1.165, 1.54) is 12.1 Å². The van der Waals surface area contributed by atoms with Gasteiger partial charge in [0.05, 0.1) is 17.7 Å². The Bertz CT molecular complexity index is 800. The normalized spacial score (nSPS) is 12.0. The first kappa shape index (κ1) is 14.9. The molecule has 23 heavy (non-hydrogen) atoms. The minimum atomic E-state index is -0.832. The van der Waals surface area contributed by atoms with Gasteiger partial charge in [0.1, 0.15) is 11.8 Å². The van der Waals surface area contributed by atoms with Gasteiger partial charge in [0.2, 0.25) is 0 Å². The lowest BCUT2D eigenvalue weighted by Gasteiger charge is -2.06. The molecule has 0 amide bonds. The van der Waals surface area contributed by atoms with Gasteiger partial charge in [-0.05, 0) is 11.1 Å². The zero-order valence-electron chi connectivity index (χ0n) is 12.1. The van der Waals surface area contributed by atoms with Gasteiger partial charge < -0.3 is 5.11 Å². The van der Waals surface area contributed by atoms with Gasteiger partial charge in [-0.3, -0.25) is 10.1 Å². The Morgan fingerprint density at radius 2 is 1.83 bits per heavy atom. The smallest absolute Gasteiger partial charge is 0.269 e. The van der Waals surface area contributed by atoms with Crippen LogP contribution < -0.4 is 0 Å². The Morgan fingerprint density at radius 1 is 1.13 bits per heavy atom. The lowest BCUT2D eigenvalue weighted by molar-refractivity contribution is -0.384. The summed E-state index contributed by atoms with van der Waals surface area (Å²) < 4.78 is 1.59. The van der Waals surface area contributed by atoms with E-state index in [9.17, 15) is 15.2 Å². The second-order valence-corrected chi connectivity index (χ2v) is 5.08. The quantitative estimate of drug-likeness (QED) is 0.576. The van der Waals surface area contributed by atoms with Crippen molar-refractivity contribution in [2.24, 2.45) is 0 Å². The van der Waals surface area contributed by atoms with Gasteiger partial charge in [0, 0.05) is 12.1 Å². The van der Waals surface area contributed by atoms with Crippen LogP contribution in [0.4, 0.5) is 5.69 Å². The molecule has 3 rings (SSSR count). The molecule has 0 aliphatic rings. The average molecular weight is 310 g/mol. The number of aliphatic hydroxyl groups is 1. The Morgan fingerprint density at radius 3 is 2.48 bits per heavy atom. The van der Waals surface area contributed by atoms with Crippen molar-refractivity contribution in [3.63, 3.8) is 0 Å². The zero-order chi connectivity index (χ0) is 16.2. The van der Waals surface area contributed by atoms with Crippen LogP contribution in [0, 0.1) is 10.1 Å². The predicted octanol–water partition coefficient (Wildman–Crippen LogP) is 2.32. The number of non-ortho nitro benzene ring substituents is 1. The molecule has 2 aromatic carbocycles. The summed E-state index contributed by atoms with van der Waals surface area (Å²) in [6.07, 6.45) is 0.834. The molecule has 3 aromatic rings. The third-order valence-electron chi connectivity index (χ3n) is 3.44.